The molecule has 120 valence electrons. The van der Waals surface area contributed by atoms with E-state index in [0.29, 0.717) is 12.0 Å². The Morgan fingerprint density at radius 1 is 0.762 bits per heavy atom. The lowest BCUT2D eigenvalue weighted by Crippen LogP contribution is -2.29. The van der Waals surface area contributed by atoms with Gasteiger partial charge in [-0.05, 0) is 93.3 Å². The van der Waals surface area contributed by atoms with E-state index in [9.17, 15) is 0 Å². The third-order valence-corrected chi connectivity index (χ3v) is 5.30. The van der Waals surface area contributed by atoms with Crippen molar-refractivity contribution in [1.82, 2.24) is 5.32 Å². The molecule has 0 spiro atoms. The van der Waals surface area contributed by atoms with Gasteiger partial charge < -0.3 is 5.32 Å². The summed E-state index contributed by atoms with van der Waals surface area (Å²) in [6.45, 7) is 19.5. The molecule has 1 aromatic carbocycles. The molecule has 0 heterocycles. The van der Waals surface area contributed by atoms with Gasteiger partial charge in [-0.15, -0.1) is 0 Å². The van der Waals surface area contributed by atoms with Gasteiger partial charge in [-0.2, -0.15) is 0 Å². The van der Waals surface area contributed by atoms with Crippen molar-refractivity contribution >= 4 is 0 Å². The van der Waals surface area contributed by atoms with Crippen molar-refractivity contribution in [3.63, 3.8) is 0 Å². The average Bonchev–Trinajstić information content (AvgIpc) is 2.46. The Kier molecular flexibility index (Phi) is 6.93. The maximum absolute atomic E-state index is 3.83. The highest BCUT2D eigenvalue weighted by molar-refractivity contribution is 5.50. The Morgan fingerprint density at radius 2 is 1.24 bits per heavy atom. The second-order valence-corrected chi connectivity index (χ2v) is 6.74. The van der Waals surface area contributed by atoms with Crippen LogP contribution in [0.3, 0.4) is 0 Å². The number of nitrogens with one attached hydrogen (secondary N) is 1. The van der Waals surface area contributed by atoms with E-state index in [1.807, 2.05) is 0 Å². The van der Waals surface area contributed by atoms with Crippen molar-refractivity contribution in [1.29, 1.82) is 0 Å². The van der Waals surface area contributed by atoms with Crippen molar-refractivity contribution in [2.24, 2.45) is 5.92 Å². The molecular formula is C20H35N. The first kappa shape index (κ1) is 18.2. The third kappa shape index (κ3) is 3.88. The molecule has 1 nitrogen and oxygen atoms in total. The highest BCUT2D eigenvalue weighted by Crippen LogP contribution is 2.35. The minimum atomic E-state index is 0.489. The molecule has 1 aromatic rings. The lowest BCUT2D eigenvalue weighted by atomic mass is 9.81. The summed E-state index contributed by atoms with van der Waals surface area (Å²) in [6, 6.07) is 0.489. The van der Waals surface area contributed by atoms with E-state index < -0.39 is 0 Å². The Bertz CT molecular complexity index is 444. The molecule has 0 aliphatic rings. The molecule has 2 unspecified atom stereocenters. The highest BCUT2D eigenvalue weighted by Gasteiger charge is 2.24. The minimum absolute atomic E-state index is 0.489. The number of rotatable bonds is 7. The lowest BCUT2D eigenvalue weighted by molar-refractivity contribution is 0.361. The van der Waals surface area contributed by atoms with E-state index in [2.05, 4.69) is 60.7 Å². The Morgan fingerprint density at radius 3 is 1.67 bits per heavy atom. The fourth-order valence-electron chi connectivity index (χ4n) is 3.51. The topological polar surface area (TPSA) is 12.0 Å². The molecule has 1 N–H and O–H groups in total. The van der Waals surface area contributed by atoms with Gasteiger partial charge in [0.15, 0.2) is 0 Å². The van der Waals surface area contributed by atoms with Crippen LogP contribution >= 0.6 is 0 Å². The maximum atomic E-state index is 3.83. The summed E-state index contributed by atoms with van der Waals surface area (Å²) in [6.07, 6.45) is 3.73. The average molecular weight is 290 g/mol. The first-order valence-corrected chi connectivity index (χ1v) is 8.66. The number of hydrogen-bond acceptors (Lipinski definition) is 1. The molecule has 0 saturated carbocycles. The molecule has 0 aliphatic heterocycles. The smallest absolute Gasteiger partial charge is 0.0351 e. The van der Waals surface area contributed by atoms with Crippen molar-refractivity contribution < 1.29 is 0 Å². The summed E-state index contributed by atoms with van der Waals surface area (Å²) in [5, 5.41) is 3.83. The highest BCUT2D eigenvalue weighted by atomic mass is 14.9. The first-order chi connectivity index (χ1) is 9.86. The lowest BCUT2D eigenvalue weighted by Gasteiger charge is -2.31. The van der Waals surface area contributed by atoms with E-state index in [0.717, 1.165) is 6.54 Å². The van der Waals surface area contributed by atoms with E-state index in [4.69, 9.17) is 0 Å². The van der Waals surface area contributed by atoms with Crippen molar-refractivity contribution in [2.75, 3.05) is 6.54 Å². The second-order valence-electron chi connectivity index (χ2n) is 6.74. The van der Waals surface area contributed by atoms with Crippen molar-refractivity contribution in [2.45, 2.75) is 80.7 Å². The summed E-state index contributed by atoms with van der Waals surface area (Å²) < 4.78 is 0. The van der Waals surface area contributed by atoms with Crippen molar-refractivity contribution in [3.05, 3.63) is 33.4 Å². The van der Waals surface area contributed by atoms with Crippen LogP contribution in [0.25, 0.3) is 0 Å². The first-order valence-electron chi connectivity index (χ1n) is 8.66. The van der Waals surface area contributed by atoms with Crippen LogP contribution in [0, 0.1) is 40.5 Å². The summed E-state index contributed by atoms with van der Waals surface area (Å²) >= 11 is 0. The molecule has 0 aromatic heterocycles. The molecule has 0 radical (unpaired) electrons. The van der Waals surface area contributed by atoms with E-state index in [1.165, 1.54) is 47.1 Å². The molecule has 2 atom stereocenters. The van der Waals surface area contributed by atoms with Crippen LogP contribution in [-0.4, -0.2) is 6.54 Å². The molecule has 1 heteroatoms. The van der Waals surface area contributed by atoms with Crippen LogP contribution in [-0.2, 0) is 0 Å². The van der Waals surface area contributed by atoms with Gasteiger partial charge in [-0.25, -0.2) is 0 Å². The maximum Gasteiger partial charge on any atom is 0.0351 e. The molecular weight excluding hydrogens is 254 g/mol. The zero-order valence-corrected chi connectivity index (χ0v) is 15.5. The molecule has 0 fully saturated rings. The van der Waals surface area contributed by atoms with Gasteiger partial charge in [0, 0.05) is 6.04 Å². The molecule has 1 rings (SSSR count). The zero-order chi connectivity index (χ0) is 16.2. The summed E-state index contributed by atoms with van der Waals surface area (Å²) in [5.41, 5.74) is 8.95. The van der Waals surface area contributed by atoms with Gasteiger partial charge in [0.05, 0.1) is 0 Å². The molecule has 21 heavy (non-hydrogen) atoms. The normalized spacial score (nSPS) is 14.3. The number of hydrogen-bond donors (Lipinski definition) is 1. The van der Waals surface area contributed by atoms with E-state index in [1.54, 1.807) is 5.56 Å². The van der Waals surface area contributed by atoms with Crippen LogP contribution in [0.15, 0.2) is 0 Å². The van der Waals surface area contributed by atoms with Crippen molar-refractivity contribution in [3.8, 4) is 0 Å². The van der Waals surface area contributed by atoms with Crippen LogP contribution in [0.5, 0.6) is 0 Å². The standard InChI is InChI=1S/C20H35N/c1-9-11-13(3)20(21-12-10-2)19-17(7)15(5)14(4)16(6)18(19)8/h13,20-21H,9-12H2,1-8H3. The van der Waals surface area contributed by atoms with Gasteiger partial charge in [0.2, 0.25) is 0 Å². The van der Waals surface area contributed by atoms with Crippen LogP contribution in [0.1, 0.15) is 79.5 Å². The van der Waals surface area contributed by atoms with Gasteiger partial charge in [-0.3, -0.25) is 0 Å². The molecule has 0 bridgehead atoms. The predicted octanol–water partition coefficient (Wildman–Crippen LogP) is 5.71. The minimum Gasteiger partial charge on any atom is -0.310 e. The summed E-state index contributed by atoms with van der Waals surface area (Å²) in [5.74, 6) is 0.681. The van der Waals surface area contributed by atoms with Gasteiger partial charge in [-0.1, -0.05) is 27.2 Å². The van der Waals surface area contributed by atoms with Gasteiger partial charge in [0.25, 0.3) is 0 Å². The fraction of sp³-hybridized carbons (Fsp3) is 0.700. The van der Waals surface area contributed by atoms with Gasteiger partial charge >= 0.3 is 0 Å². The molecule has 0 saturated heterocycles. The van der Waals surface area contributed by atoms with Crippen LogP contribution < -0.4 is 5.32 Å². The van der Waals surface area contributed by atoms with Crippen LogP contribution in [0.2, 0.25) is 0 Å². The summed E-state index contributed by atoms with van der Waals surface area (Å²) in [4.78, 5) is 0. The molecule has 0 amide bonds. The zero-order valence-electron chi connectivity index (χ0n) is 15.5. The van der Waals surface area contributed by atoms with E-state index in [-0.39, 0.29) is 0 Å². The largest absolute Gasteiger partial charge is 0.310 e. The van der Waals surface area contributed by atoms with E-state index >= 15 is 0 Å². The van der Waals surface area contributed by atoms with Gasteiger partial charge in [0.1, 0.15) is 0 Å². The predicted molar refractivity (Wildman–Crippen MR) is 95.2 cm³/mol. The Balaban J connectivity index is 3.36. The monoisotopic (exact) mass is 289 g/mol. The fourth-order valence-corrected chi connectivity index (χ4v) is 3.51. The Labute approximate surface area is 132 Å². The Hall–Kier alpha value is -0.820. The summed E-state index contributed by atoms with van der Waals surface area (Å²) in [7, 11) is 0. The molecule has 0 aliphatic carbocycles. The SMILES string of the molecule is CCCNC(c1c(C)c(C)c(C)c(C)c1C)C(C)CCC. The number of benzene rings is 1. The third-order valence-electron chi connectivity index (χ3n) is 5.30. The quantitative estimate of drug-likeness (QED) is 0.678. The van der Waals surface area contributed by atoms with Crippen LogP contribution in [0.4, 0.5) is 0 Å². The second kappa shape index (κ2) is 7.98.